The fourth-order valence-electron chi connectivity index (χ4n) is 1.08. The highest BCUT2D eigenvalue weighted by molar-refractivity contribution is 5.92. The number of nitrogens with zero attached hydrogens (tertiary/aromatic N) is 1. The first-order valence-electron chi connectivity index (χ1n) is 4.16. The second kappa shape index (κ2) is 4.65. The van der Waals surface area contributed by atoms with E-state index in [0.717, 1.165) is 0 Å². The number of carbonyl (C=O) groups excluding carboxylic acids is 1. The van der Waals surface area contributed by atoms with Crippen molar-refractivity contribution in [3.63, 3.8) is 0 Å². The van der Waals surface area contributed by atoms with Gasteiger partial charge in [-0.15, -0.1) is 0 Å². The maximum absolute atomic E-state index is 13.1. The summed E-state index contributed by atoms with van der Waals surface area (Å²) < 4.78 is 38.7. The van der Waals surface area contributed by atoms with Crippen LogP contribution >= 0.6 is 0 Å². The highest BCUT2D eigenvalue weighted by atomic mass is 19.1. The summed E-state index contributed by atoms with van der Waals surface area (Å²) in [6, 6.07) is 0.947. The normalized spacial score (nSPS) is 9.94. The van der Waals surface area contributed by atoms with Gasteiger partial charge in [0.25, 0.3) is 5.91 Å². The fourth-order valence-corrected chi connectivity index (χ4v) is 1.08. The number of amides is 1. The number of halogens is 3. The van der Waals surface area contributed by atoms with Crippen LogP contribution in [-0.4, -0.2) is 11.9 Å². The van der Waals surface area contributed by atoms with Gasteiger partial charge >= 0.3 is 0 Å². The molecule has 0 aliphatic heterocycles. The molecule has 0 fully saturated rings. The molecule has 4 nitrogen and oxygen atoms in total. The molecule has 0 saturated carbocycles. The average Bonchev–Trinajstić information content (AvgIpc) is 2.09. The Kier molecular flexibility index (Phi) is 3.49. The van der Waals surface area contributed by atoms with Gasteiger partial charge in [-0.05, 0) is 0 Å². The van der Waals surface area contributed by atoms with Gasteiger partial charge in [0, 0.05) is 17.7 Å². The van der Waals surface area contributed by atoms with Crippen molar-refractivity contribution in [1.82, 2.24) is 0 Å². The number of benzene rings is 1. The summed E-state index contributed by atoms with van der Waals surface area (Å²) in [5, 5.41) is 0. The smallest absolute Gasteiger partial charge is 0.253 e. The highest BCUT2D eigenvalue weighted by Gasteiger charge is 2.14. The summed E-state index contributed by atoms with van der Waals surface area (Å²) in [5.74, 6) is -4.79. The third-order valence-electron chi connectivity index (χ3n) is 1.69. The van der Waals surface area contributed by atoms with Crippen molar-refractivity contribution in [3.8, 4) is 0 Å². The van der Waals surface area contributed by atoms with E-state index >= 15 is 0 Å². The van der Waals surface area contributed by atoms with Gasteiger partial charge in [-0.3, -0.25) is 4.79 Å². The van der Waals surface area contributed by atoms with Gasteiger partial charge in [0.2, 0.25) is 0 Å². The van der Waals surface area contributed by atoms with E-state index in [1.165, 1.54) is 0 Å². The van der Waals surface area contributed by atoms with Crippen molar-refractivity contribution in [1.29, 1.82) is 0 Å². The van der Waals surface area contributed by atoms with Crippen LogP contribution in [0.3, 0.4) is 0 Å². The quantitative estimate of drug-likeness (QED) is 0.572. The lowest BCUT2D eigenvalue weighted by Crippen LogP contribution is -2.24. The number of hydrogen-bond donors (Lipinski definition) is 2. The monoisotopic (exact) mass is 231 g/mol. The number of hydrogen-bond acceptors (Lipinski definition) is 1. The molecule has 1 rings (SSSR count). The predicted molar refractivity (Wildman–Crippen MR) is 50.8 cm³/mol. The second-order valence-corrected chi connectivity index (χ2v) is 2.96. The first-order valence-corrected chi connectivity index (χ1v) is 4.16. The molecule has 16 heavy (non-hydrogen) atoms. The fraction of sp³-hybridized carbons (Fsp3) is 0.111. The number of carbonyl (C=O) groups is 1. The molecule has 0 heterocycles. The van der Waals surface area contributed by atoms with E-state index in [4.69, 9.17) is 11.5 Å². The molecule has 0 bridgehead atoms. The van der Waals surface area contributed by atoms with Crippen LogP contribution in [0, 0.1) is 17.5 Å². The molecule has 0 radical (unpaired) electrons. The standard InChI is InChI=1S/C9H8F3N3O/c10-4-1-6(11)5(7(12)2-4)3-8(16)15-9(13)14/h1-2H,3H2,(H4,13,14,15,16). The van der Waals surface area contributed by atoms with Gasteiger partial charge in [0.05, 0.1) is 6.42 Å². The molecule has 0 unspecified atom stereocenters. The van der Waals surface area contributed by atoms with Crippen LogP contribution in [0.15, 0.2) is 17.1 Å². The molecule has 1 amide bonds. The Labute approximate surface area is 88.8 Å². The minimum absolute atomic E-state index is 0.473. The lowest BCUT2D eigenvalue weighted by molar-refractivity contribution is -0.117. The van der Waals surface area contributed by atoms with Crippen molar-refractivity contribution in [2.24, 2.45) is 16.5 Å². The van der Waals surface area contributed by atoms with Crippen molar-refractivity contribution < 1.29 is 18.0 Å². The Morgan fingerprint density at radius 2 is 1.69 bits per heavy atom. The first-order chi connectivity index (χ1) is 7.40. The Balaban J connectivity index is 2.98. The molecule has 0 aliphatic carbocycles. The molecule has 0 spiro atoms. The molecule has 86 valence electrons. The van der Waals surface area contributed by atoms with Gasteiger partial charge in [0.1, 0.15) is 17.5 Å². The summed E-state index contributed by atoms with van der Waals surface area (Å²) in [5.41, 5.74) is 9.24. The maximum atomic E-state index is 13.1. The Morgan fingerprint density at radius 3 is 2.12 bits per heavy atom. The third-order valence-corrected chi connectivity index (χ3v) is 1.69. The van der Waals surface area contributed by atoms with E-state index in [-0.39, 0.29) is 0 Å². The highest BCUT2D eigenvalue weighted by Crippen LogP contribution is 2.15. The molecule has 0 atom stereocenters. The molecule has 0 aromatic heterocycles. The Hall–Kier alpha value is -2.05. The molecule has 1 aromatic carbocycles. The minimum atomic E-state index is -1.16. The second-order valence-electron chi connectivity index (χ2n) is 2.96. The lowest BCUT2D eigenvalue weighted by Gasteiger charge is -2.02. The number of nitrogens with two attached hydrogens (primary N) is 2. The van der Waals surface area contributed by atoms with Crippen LogP contribution in [-0.2, 0) is 11.2 Å². The Morgan fingerprint density at radius 1 is 1.19 bits per heavy atom. The van der Waals surface area contributed by atoms with Crippen LogP contribution in [0.4, 0.5) is 13.2 Å². The van der Waals surface area contributed by atoms with Gasteiger partial charge in [0.15, 0.2) is 5.96 Å². The van der Waals surface area contributed by atoms with Gasteiger partial charge in [-0.25, -0.2) is 13.2 Å². The van der Waals surface area contributed by atoms with Gasteiger partial charge in [-0.2, -0.15) is 4.99 Å². The molecule has 0 aliphatic rings. The van der Waals surface area contributed by atoms with Gasteiger partial charge < -0.3 is 11.5 Å². The molecule has 0 saturated heterocycles. The summed E-state index contributed by atoms with van der Waals surface area (Å²) in [7, 11) is 0. The summed E-state index contributed by atoms with van der Waals surface area (Å²) in [4.78, 5) is 14.1. The van der Waals surface area contributed by atoms with Crippen molar-refractivity contribution >= 4 is 11.9 Å². The minimum Gasteiger partial charge on any atom is -0.370 e. The zero-order valence-electron chi connectivity index (χ0n) is 8.01. The topological polar surface area (TPSA) is 81.5 Å². The average molecular weight is 231 g/mol. The lowest BCUT2D eigenvalue weighted by atomic mass is 10.1. The first kappa shape index (κ1) is 12.0. The maximum Gasteiger partial charge on any atom is 0.253 e. The number of guanidine groups is 1. The molecular formula is C9H8F3N3O. The van der Waals surface area contributed by atoms with Crippen LogP contribution in [0.25, 0.3) is 0 Å². The molecular weight excluding hydrogens is 223 g/mol. The van der Waals surface area contributed by atoms with Crippen LogP contribution < -0.4 is 11.5 Å². The summed E-state index contributed by atoms with van der Waals surface area (Å²) in [6.45, 7) is 0. The van der Waals surface area contributed by atoms with E-state index < -0.39 is 41.3 Å². The number of aliphatic imine (C=N–C) groups is 1. The van der Waals surface area contributed by atoms with Crippen molar-refractivity contribution in [2.75, 3.05) is 0 Å². The van der Waals surface area contributed by atoms with E-state index in [1.807, 2.05) is 0 Å². The molecule has 7 heteroatoms. The third kappa shape index (κ3) is 2.97. The van der Waals surface area contributed by atoms with E-state index in [2.05, 4.69) is 4.99 Å². The zero-order valence-corrected chi connectivity index (χ0v) is 8.01. The van der Waals surface area contributed by atoms with Crippen LogP contribution in [0.1, 0.15) is 5.56 Å². The molecule has 4 N–H and O–H groups in total. The van der Waals surface area contributed by atoms with E-state index in [0.29, 0.717) is 12.1 Å². The Bertz CT molecular complexity index is 432. The summed E-state index contributed by atoms with van der Waals surface area (Å²) in [6.07, 6.45) is -0.671. The largest absolute Gasteiger partial charge is 0.370 e. The van der Waals surface area contributed by atoms with Crippen molar-refractivity contribution in [3.05, 3.63) is 35.1 Å². The van der Waals surface area contributed by atoms with Crippen LogP contribution in [0.5, 0.6) is 0 Å². The molecule has 1 aromatic rings. The zero-order chi connectivity index (χ0) is 12.3. The predicted octanol–water partition coefficient (Wildman–Crippen LogP) is 0.446. The number of rotatable bonds is 2. The van der Waals surface area contributed by atoms with E-state index in [9.17, 15) is 18.0 Å². The van der Waals surface area contributed by atoms with E-state index in [1.54, 1.807) is 0 Å². The summed E-state index contributed by atoms with van der Waals surface area (Å²) >= 11 is 0. The van der Waals surface area contributed by atoms with Gasteiger partial charge in [-0.1, -0.05) is 0 Å². The van der Waals surface area contributed by atoms with Crippen LogP contribution in [0.2, 0.25) is 0 Å². The SMILES string of the molecule is NC(N)=NC(=O)Cc1c(F)cc(F)cc1F. The van der Waals surface area contributed by atoms with Crippen molar-refractivity contribution in [2.45, 2.75) is 6.42 Å².